The lowest BCUT2D eigenvalue weighted by Crippen LogP contribution is -2.14. The summed E-state index contributed by atoms with van der Waals surface area (Å²) in [6.07, 6.45) is 3.34. The van der Waals surface area contributed by atoms with Crippen LogP contribution in [-0.4, -0.2) is 6.10 Å². The van der Waals surface area contributed by atoms with Gasteiger partial charge < -0.3 is 10.5 Å². The Morgan fingerprint density at radius 3 is 2.24 bits per heavy atom. The number of halogens is 2. The van der Waals surface area contributed by atoms with E-state index in [-0.39, 0.29) is 6.04 Å². The number of rotatable bonds is 5. The van der Waals surface area contributed by atoms with Crippen LogP contribution in [0.5, 0.6) is 5.75 Å². The molecule has 1 unspecified atom stereocenters. The molecule has 1 aliphatic carbocycles. The van der Waals surface area contributed by atoms with Gasteiger partial charge in [0.1, 0.15) is 5.75 Å². The molecular weight excluding hydrogens is 305 g/mol. The van der Waals surface area contributed by atoms with E-state index in [1.165, 1.54) is 0 Å². The maximum absolute atomic E-state index is 6.27. The summed E-state index contributed by atoms with van der Waals surface area (Å²) in [6, 6.07) is 13.3. The fourth-order valence-electron chi connectivity index (χ4n) is 2.24. The molecule has 4 heteroatoms. The average molecular weight is 322 g/mol. The molecule has 2 aromatic carbocycles. The van der Waals surface area contributed by atoms with Gasteiger partial charge in [0.2, 0.25) is 0 Å². The molecule has 2 N–H and O–H groups in total. The van der Waals surface area contributed by atoms with E-state index in [9.17, 15) is 0 Å². The first kappa shape index (κ1) is 14.7. The average Bonchev–Trinajstić information content (AvgIpc) is 3.28. The van der Waals surface area contributed by atoms with Gasteiger partial charge in [0.05, 0.1) is 6.10 Å². The zero-order valence-electron chi connectivity index (χ0n) is 11.6. The van der Waals surface area contributed by atoms with Crippen LogP contribution < -0.4 is 10.5 Å². The van der Waals surface area contributed by atoms with Crippen molar-refractivity contribution in [2.75, 3.05) is 0 Å². The van der Waals surface area contributed by atoms with Gasteiger partial charge in [0.15, 0.2) is 0 Å². The standard InChI is InChI=1S/C17H17Cl2NO/c18-15-2-1-3-16(19)14(15)10-17(20)11-4-6-12(7-5-11)21-13-8-9-13/h1-7,13,17H,8-10,20H2. The van der Waals surface area contributed by atoms with E-state index < -0.39 is 0 Å². The highest BCUT2D eigenvalue weighted by atomic mass is 35.5. The number of hydrogen-bond acceptors (Lipinski definition) is 2. The first-order chi connectivity index (χ1) is 10.1. The maximum Gasteiger partial charge on any atom is 0.119 e. The minimum atomic E-state index is -0.141. The topological polar surface area (TPSA) is 35.2 Å². The van der Waals surface area contributed by atoms with Crippen molar-refractivity contribution in [1.82, 2.24) is 0 Å². The largest absolute Gasteiger partial charge is 0.490 e. The van der Waals surface area contributed by atoms with Crippen LogP contribution in [0, 0.1) is 0 Å². The molecule has 21 heavy (non-hydrogen) atoms. The molecule has 0 amide bonds. The molecule has 2 nitrogen and oxygen atoms in total. The lowest BCUT2D eigenvalue weighted by Gasteiger charge is -2.15. The van der Waals surface area contributed by atoms with Crippen molar-refractivity contribution in [1.29, 1.82) is 0 Å². The molecule has 0 bridgehead atoms. The molecule has 0 heterocycles. The highest BCUT2D eigenvalue weighted by molar-refractivity contribution is 6.36. The fraction of sp³-hybridized carbons (Fsp3) is 0.294. The lowest BCUT2D eigenvalue weighted by atomic mass is 9.99. The molecule has 0 aromatic heterocycles. The molecule has 1 atom stereocenters. The Morgan fingerprint density at radius 1 is 1.05 bits per heavy atom. The van der Waals surface area contributed by atoms with Crippen molar-refractivity contribution in [3.8, 4) is 5.75 Å². The normalized spacial score (nSPS) is 15.8. The van der Waals surface area contributed by atoms with Crippen LogP contribution in [0.1, 0.15) is 30.0 Å². The van der Waals surface area contributed by atoms with E-state index in [0.717, 1.165) is 29.7 Å². The van der Waals surface area contributed by atoms with Crippen LogP contribution in [0.15, 0.2) is 42.5 Å². The van der Waals surface area contributed by atoms with Crippen molar-refractivity contribution in [2.24, 2.45) is 5.73 Å². The van der Waals surface area contributed by atoms with Crippen molar-refractivity contribution in [2.45, 2.75) is 31.4 Å². The van der Waals surface area contributed by atoms with E-state index >= 15 is 0 Å². The molecule has 0 saturated heterocycles. The van der Waals surface area contributed by atoms with Gasteiger partial charge in [0, 0.05) is 16.1 Å². The summed E-state index contributed by atoms with van der Waals surface area (Å²) in [5.41, 5.74) is 8.22. The predicted molar refractivity (Wildman–Crippen MR) is 87.2 cm³/mol. The summed E-state index contributed by atoms with van der Waals surface area (Å²) in [5, 5.41) is 1.32. The number of nitrogens with two attached hydrogens (primary N) is 1. The second-order valence-corrected chi connectivity index (χ2v) is 6.21. The maximum atomic E-state index is 6.27. The Hall–Kier alpha value is -1.22. The van der Waals surface area contributed by atoms with Crippen molar-refractivity contribution in [3.63, 3.8) is 0 Å². The molecule has 0 radical (unpaired) electrons. The van der Waals surface area contributed by atoms with Crippen LogP contribution in [0.4, 0.5) is 0 Å². The highest BCUT2D eigenvalue weighted by Gasteiger charge is 2.23. The van der Waals surface area contributed by atoms with Crippen molar-refractivity contribution >= 4 is 23.2 Å². The zero-order valence-corrected chi connectivity index (χ0v) is 13.1. The van der Waals surface area contributed by atoms with Gasteiger partial charge >= 0.3 is 0 Å². The molecule has 0 spiro atoms. The molecule has 1 aliphatic rings. The van der Waals surface area contributed by atoms with Crippen molar-refractivity contribution < 1.29 is 4.74 Å². The molecule has 1 saturated carbocycles. The second-order valence-electron chi connectivity index (χ2n) is 5.40. The Balaban J connectivity index is 1.70. The van der Waals surface area contributed by atoms with E-state index in [4.69, 9.17) is 33.7 Å². The number of benzene rings is 2. The molecule has 2 aromatic rings. The highest BCUT2D eigenvalue weighted by Crippen LogP contribution is 2.30. The summed E-state index contributed by atoms with van der Waals surface area (Å²) in [7, 11) is 0. The van der Waals surface area contributed by atoms with E-state index in [1.54, 1.807) is 0 Å². The lowest BCUT2D eigenvalue weighted by molar-refractivity contribution is 0.303. The van der Waals surface area contributed by atoms with Gasteiger partial charge in [-0.2, -0.15) is 0 Å². The Bertz CT molecular complexity index is 603. The summed E-state index contributed by atoms with van der Waals surface area (Å²) in [5.74, 6) is 0.907. The number of hydrogen-bond donors (Lipinski definition) is 1. The van der Waals surface area contributed by atoms with E-state index in [0.29, 0.717) is 22.6 Å². The molecule has 110 valence electrons. The molecule has 0 aliphatic heterocycles. The Kier molecular flexibility index (Phi) is 4.39. The van der Waals surface area contributed by atoms with Crippen LogP contribution in [0.3, 0.4) is 0 Å². The summed E-state index contributed by atoms with van der Waals surface area (Å²) >= 11 is 12.4. The third kappa shape index (κ3) is 3.70. The van der Waals surface area contributed by atoms with E-state index in [1.807, 2.05) is 42.5 Å². The summed E-state index contributed by atoms with van der Waals surface area (Å²) < 4.78 is 5.73. The minimum Gasteiger partial charge on any atom is -0.490 e. The first-order valence-electron chi connectivity index (χ1n) is 7.08. The predicted octanol–water partition coefficient (Wildman–Crippen LogP) is 4.78. The van der Waals surface area contributed by atoms with Gasteiger partial charge in [-0.15, -0.1) is 0 Å². The molecule has 3 rings (SSSR count). The SMILES string of the molecule is NC(Cc1c(Cl)cccc1Cl)c1ccc(OC2CC2)cc1. The van der Waals surface area contributed by atoms with Gasteiger partial charge in [-0.25, -0.2) is 0 Å². The van der Waals surface area contributed by atoms with Crippen molar-refractivity contribution in [3.05, 3.63) is 63.6 Å². The Morgan fingerprint density at radius 2 is 1.67 bits per heavy atom. The monoisotopic (exact) mass is 321 g/mol. The summed E-state index contributed by atoms with van der Waals surface area (Å²) in [4.78, 5) is 0. The smallest absolute Gasteiger partial charge is 0.119 e. The van der Waals surface area contributed by atoms with Gasteiger partial charge in [-0.1, -0.05) is 41.4 Å². The third-order valence-electron chi connectivity index (χ3n) is 3.62. The van der Waals surface area contributed by atoms with Gasteiger partial charge in [-0.05, 0) is 54.7 Å². The van der Waals surface area contributed by atoms with Crippen LogP contribution >= 0.6 is 23.2 Å². The second kappa shape index (κ2) is 6.27. The zero-order chi connectivity index (χ0) is 14.8. The quantitative estimate of drug-likeness (QED) is 0.860. The van der Waals surface area contributed by atoms with Crippen LogP contribution in [0.25, 0.3) is 0 Å². The van der Waals surface area contributed by atoms with Crippen LogP contribution in [-0.2, 0) is 6.42 Å². The van der Waals surface area contributed by atoms with Gasteiger partial charge in [0.25, 0.3) is 0 Å². The Labute approximate surface area is 134 Å². The molecule has 1 fully saturated rings. The van der Waals surface area contributed by atoms with Crippen LogP contribution in [0.2, 0.25) is 10.0 Å². The fourth-order valence-corrected chi connectivity index (χ4v) is 2.79. The summed E-state index contributed by atoms with van der Waals surface area (Å²) in [6.45, 7) is 0. The first-order valence-corrected chi connectivity index (χ1v) is 7.84. The van der Waals surface area contributed by atoms with E-state index in [2.05, 4.69) is 0 Å². The minimum absolute atomic E-state index is 0.141. The number of ether oxygens (including phenoxy) is 1. The third-order valence-corrected chi connectivity index (χ3v) is 4.33. The molecular formula is C17H17Cl2NO. The van der Waals surface area contributed by atoms with Gasteiger partial charge in [-0.3, -0.25) is 0 Å².